The number of carbonyl (C=O) groups is 5. The van der Waals surface area contributed by atoms with Gasteiger partial charge in [0.05, 0.1) is 49.4 Å². The van der Waals surface area contributed by atoms with Gasteiger partial charge in [-0.1, -0.05) is 24.0 Å². The SMILES string of the molecule is COC(=O)NC(C(=O)N[C@@H](Cc1ccc(C#Cc2ccc(N3CCN(C)C(=O)C3)nc2)cc1)[C@@H](O)CN(Cc1c(F)cc(-c2ccn(C(F)F)n2)cc1F)NC(=O)[C@@H](NC(=O)OC)C(C)(C)C(F)(F)F)C(C)(C)C(F)(F)F. The second kappa shape index (κ2) is 24.5. The summed E-state index contributed by atoms with van der Waals surface area (Å²) in [4.78, 5) is 72.7. The van der Waals surface area contributed by atoms with Gasteiger partial charge in [-0.15, -0.1) is 0 Å². The fourth-order valence-corrected chi connectivity index (χ4v) is 7.52. The number of aliphatic hydroxyl groups is 1. The Morgan fingerprint density at radius 2 is 1.34 bits per heavy atom. The normalized spacial score (nSPS) is 15.0. The molecule has 5 amide bonds. The van der Waals surface area contributed by atoms with Crippen molar-refractivity contribution in [3.8, 4) is 23.1 Å². The number of alkyl carbamates (subject to hydrolysis) is 2. The van der Waals surface area contributed by atoms with Crippen LogP contribution in [0.5, 0.6) is 0 Å². The third-order valence-corrected chi connectivity index (χ3v) is 12.7. The summed E-state index contributed by atoms with van der Waals surface area (Å²) >= 11 is 0. The summed E-state index contributed by atoms with van der Waals surface area (Å²) in [6.07, 6.45) is -13.8. The number of nitrogens with one attached hydrogen (secondary N) is 4. The first-order valence-electron chi connectivity index (χ1n) is 23.1. The van der Waals surface area contributed by atoms with Crippen LogP contribution in [0.4, 0.5) is 59.3 Å². The lowest BCUT2D eigenvalue weighted by molar-refractivity contribution is -0.221. The van der Waals surface area contributed by atoms with Crippen molar-refractivity contribution in [3.63, 3.8) is 0 Å². The van der Waals surface area contributed by atoms with E-state index >= 15 is 8.78 Å². The van der Waals surface area contributed by atoms with E-state index in [2.05, 4.69) is 36.7 Å². The van der Waals surface area contributed by atoms with E-state index < -0.39 is 115 Å². The van der Waals surface area contributed by atoms with Gasteiger partial charge in [-0.05, 0) is 82.1 Å². The summed E-state index contributed by atoms with van der Waals surface area (Å²) in [5.74, 6) is 0.216. The number of carbonyl (C=O) groups excluding carboxylic acids is 5. The Hall–Kier alpha value is -7.67. The van der Waals surface area contributed by atoms with E-state index in [1.165, 1.54) is 30.5 Å². The number of halogens is 10. The molecule has 0 radical (unpaired) electrons. The van der Waals surface area contributed by atoms with Gasteiger partial charge in [0, 0.05) is 67.9 Å². The lowest BCUT2D eigenvalue weighted by Gasteiger charge is -2.38. The van der Waals surface area contributed by atoms with Crippen LogP contribution >= 0.6 is 0 Å². The third kappa shape index (κ3) is 15.1. The lowest BCUT2D eigenvalue weighted by Crippen LogP contribution is -2.63. The maximum atomic E-state index is 16.0. The van der Waals surface area contributed by atoms with Crippen LogP contribution in [0.3, 0.4) is 0 Å². The summed E-state index contributed by atoms with van der Waals surface area (Å²) in [5, 5.41) is 21.9. The highest BCUT2D eigenvalue weighted by atomic mass is 19.4. The average Bonchev–Trinajstić information content (AvgIpc) is 3.87. The average molecular weight is 1100 g/mol. The summed E-state index contributed by atoms with van der Waals surface area (Å²) in [6, 6.07) is 4.75. The molecule has 3 heterocycles. The molecule has 0 spiro atoms. The molecule has 0 saturated carbocycles. The predicted octanol–water partition coefficient (Wildman–Crippen LogP) is 5.84. The molecule has 1 aliphatic rings. The molecule has 18 nitrogen and oxygen atoms in total. The monoisotopic (exact) mass is 1100 g/mol. The van der Waals surface area contributed by atoms with Crippen molar-refractivity contribution in [1.82, 2.24) is 46.0 Å². The summed E-state index contributed by atoms with van der Waals surface area (Å²) < 4.78 is 155. The third-order valence-electron chi connectivity index (χ3n) is 12.7. The van der Waals surface area contributed by atoms with Crippen molar-refractivity contribution in [1.29, 1.82) is 0 Å². The molecule has 2 aromatic heterocycles. The number of likely N-dealkylation sites (N-methyl/N-ethyl adjacent to an activating group) is 1. The first-order chi connectivity index (χ1) is 35.9. The Morgan fingerprint density at radius 1 is 0.792 bits per heavy atom. The fraction of sp³-hybridized carbons (Fsp3) is 0.449. The number of hydrazine groups is 1. The molecule has 2 aromatic carbocycles. The number of nitrogens with zero attached hydrogens (tertiary/aromatic N) is 6. The number of hydrogen-bond acceptors (Lipinski definition) is 12. The minimum Gasteiger partial charge on any atom is -0.453 e. The molecule has 1 unspecified atom stereocenters. The van der Waals surface area contributed by atoms with Gasteiger partial charge in [-0.3, -0.25) is 19.8 Å². The van der Waals surface area contributed by atoms with Gasteiger partial charge in [0.2, 0.25) is 11.8 Å². The van der Waals surface area contributed by atoms with Crippen LogP contribution in [0.25, 0.3) is 11.3 Å². The van der Waals surface area contributed by atoms with Crippen molar-refractivity contribution in [3.05, 3.63) is 101 Å². The zero-order chi connectivity index (χ0) is 57.4. The number of piperazine rings is 1. The smallest absolute Gasteiger partial charge is 0.407 e. The molecule has 77 heavy (non-hydrogen) atoms. The van der Waals surface area contributed by atoms with Crippen LogP contribution in [-0.2, 0) is 36.8 Å². The van der Waals surface area contributed by atoms with Crippen LogP contribution in [0.2, 0.25) is 0 Å². The number of anilines is 1. The van der Waals surface area contributed by atoms with Gasteiger partial charge in [-0.2, -0.15) is 40.2 Å². The molecule has 0 aliphatic carbocycles. The van der Waals surface area contributed by atoms with Crippen molar-refractivity contribution in [2.75, 3.05) is 52.3 Å². The van der Waals surface area contributed by atoms with E-state index in [-0.39, 0.29) is 34.0 Å². The second-order valence-electron chi connectivity index (χ2n) is 18.8. The first kappa shape index (κ1) is 60.2. The van der Waals surface area contributed by atoms with Crippen molar-refractivity contribution < 1.29 is 82.5 Å². The Kier molecular flexibility index (Phi) is 19.2. The molecule has 28 heteroatoms. The van der Waals surface area contributed by atoms with E-state index in [9.17, 15) is 64.2 Å². The fourth-order valence-electron chi connectivity index (χ4n) is 7.52. The highest BCUT2D eigenvalue weighted by Gasteiger charge is 2.57. The molecule has 418 valence electrons. The van der Waals surface area contributed by atoms with Gasteiger partial charge in [0.25, 0.3) is 5.91 Å². The minimum atomic E-state index is -5.24. The van der Waals surface area contributed by atoms with Crippen LogP contribution in [-0.4, -0.2) is 144 Å². The van der Waals surface area contributed by atoms with E-state index in [4.69, 9.17) is 0 Å². The Bertz CT molecular complexity index is 2800. The van der Waals surface area contributed by atoms with E-state index in [0.717, 1.165) is 26.5 Å². The molecule has 5 rings (SSSR count). The number of hydrogen-bond donors (Lipinski definition) is 5. The number of methoxy groups -OCH3 is 2. The zero-order valence-corrected chi connectivity index (χ0v) is 42.2. The maximum Gasteiger partial charge on any atom is 0.407 e. The van der Waals surface area contributed by atoms with Crippen molar-refractivity contribution in [2.45, 2.75) is 83.8 Å². The molecule has 4 atom stereocenters. The number of pyridine rings is 1. The van der Waals surface area contributed by atoms with E-state index in [1.807, 2.05) is 15.6 Å². The van der Waals surface area contributed by atoms with Crippen LogP contribution < -0.4 is 26.3 Å². The first-order valence-corrected chi connectivity index (χ1v) is 23.1. The number of rotatable bonds is 18. The second-order valence-corrected chi connectivity index (χ2v) is 18.8. The molecule has 0 bridgehead atoms. The predicted molar refractivity (Wildman–Crippen MR) is 254 cm³/mol. The number of aliphatic hydroxyl groups excluding tert-OH is 1. The van der Waals surface area contributed by atoms with Crippen LogP contribution in [0.15, 0.2) is 67.0 Å². The highest BCUT2D eigenvalue weighted by Crippen LogP contribution is 2.42. The van der Waals surface area contributed by atoms with Gasteiger partial charge < -0.3 is 40.3 Å². The largest absolute Gasteiger partial charge is 0.453 e. The van der Waals surface area contributed by atoms with Gasteiger partial charge in [0.15, 0.2) is 0 Å². The van der Waals surface area contributed by atoms with Gasteiger partial charge >= 0.3 is 31.1 Å². The Morgan fingerprint density at radius 3 is 1.83 bits per heavy atom. The standard InChI is InChI=1S/C49H54F10N10O8/c1-46(2,48(54,55)56)39(62-44(74)76-6)41(72)61-35(20-28-11-8-27(9-12-28)10-13-29-14-15-37(60-23-29)67-19-18-66(5)38(71)26-67)36(70)25-68(65-42(73)40(63-45(75)77-7)47(3,4)49(57,58)59)24-31-32(50)21-30(22-33(31)51)34-16-17-69(64-34)43(52)53/h8-9,11-12,14-17,21-23,35-36,39-40,43,70H,18-20,24-26H2,1-7H3,(H,61,72)(H,62,74)(H,63,75)(H,65,73)/t35-,36-,39?,40+/m0/s1. The van der Waals surface area contributed by atoms with Gasteiger partial charge in [0.1, 0.15) is 29.5 Å². The molecule has 5 N–H and O–H groups in total. The highest BCUT2D eigenvalue weighted by molar-refractivity contribution is 5.87. The van der Waals surface area contributed by atoms with Crippen LogP contribution in [0.1, 0.15) is 56.5 Å². The molecule has 1 aliphatic heterocycles. The number of aromatic nitrogens is 3. The molecule has 1 saturated heterocycles. The van der Waals surface area contributed by atoms with Gasteiger partial charge in [-0.25, -0.2) is 33.0 Å². The quantitative estimate of drug-likeness (QED) is 0.0452. The van der Waals surface area contributed by atoms with E-state index in [1.54, 1.807) is 29.4 Å². The Balaban J connectivity index is 1.53. The number of amides is 5. The number of benzene rings is 2. The summed E-state index contributed by atoms with van der Waals surface area (Å²) in [7, 11) is 3.28. The molecular weight excluding hydrogens is 1050 g/mol. The number of alkyl halides is 8. The maximum absolute atomic E-state index is 16.0. The topological polar surface area (TPSA) is 213 Å². The summed E-state index contributed by atoms with van der Waals surface area (Å²) in [5.41, 5.74) is -4.66. The van der Waals surface area contributed by atoms with E-state index in [0.29, 0.717) is 74.9 Å². The van der Waals surface area contributed by atoms with Crippen molar-refractivity contribution >= 4 is 35.7 Å². The summed E-state index contributed by atoms with van der Waals surface area (Å²) in [6.45, 7) is -1.99. The molecule has 1 fully saturated rings. The molecular formula is C49H54F10N10O8. The number of ether oxygens (including phenoxy) is 2. The minimum absolute atomic E-state index is 0.0718. The Labute approximate surface area is 434 Å². The van der Waals surface area contributed by atoms with Crippen molar-refractivity contribution in [2.24, 2.45) is 10.8 Å². The zero-order valence-electron chi connectivity index (χ0n) is 42.2. The lowest BCUT2D eigenvalue weighted by atomic mass is 9.82. The van der Waals surface area contributed by atoms with Crippen LogP contribution in [0, 0.1) is 34.3 Å². The molecule has 4 aromatic rings.